The van der Waals surface area contributed by atoms with Gasteiger partial charge in [0.25, 0.3) is 0 Å². The SMILES string of the molecule is C=C(C)C(=O)OCCNC(=O)Oc1c2c(c(OC)c3ccccc13)CCCC2. The Balaban J connectivity index is 1.80. The van der Waals surface area contributed by atoms with Crippen molar-refractivity contribution >= 4 is 22.8 Å². The normalized spacial score (nSPS) is 12.8. The number of hydrogen-bond acceptors (Lipinski definition) is 5. The summed E-state index contributed by atoms with van der Waals surface area (Å²) in [4.78, 5) is 23.7. The van der Waals surface area contributed by atoms with E-state index >= 15 is 0 Å². The Labute approximate surface area is 164 Å². The highest BCUT2D eigenvalue weighted by Gasteiger charge is 2.24. The Hall–Kier alpha value is -3.02. The molecule has 6 heteroatoms. The fraction of sp³-hybridized carbons (Fsp3) is 0.364. The van der Waals surface area contributed by atoms with Gasteiger partial charge in [0.15, 0.2) is 0 Å². The summed E-state index contributed by atoms with van der Waals surface area (Å²) < 4.78 is 16.4. The lowest BCUT2D eigenvalue weighted by Gasteiger charge is -2.24. The van der Waals surface area contributed by atoms with E-state index in [1.165, 1.54) is 0 Å². The molecule has 0 spiro atoms. The van der Waals surface area contributed by atoms with Crippen molar-refractivity contribution in [2.45, 2.75) is 32.6 Å². The van der Waals surface area contributed by atoms with Crippen molar-refractivity contribution in [3.05, 3.63) is 47.5 Å². The van der Waals surface area contributed by atoms with Crippen LogP contribution in [0, 0.1) is 0 Å². The van der Waals surface area contributed by atoms with E-state index in [4.69, 9.17) is 14.2 Å². The summed E-state index contributed by atoms with van der Waals surface area (Å²) in [5, 5.41) is 4.41. The molecule has 0 radical (unpaired) electrons. The van der Waals surface area contributed by atoms with Gasteiger partial charge in [0, 0.05) is 27.5 Å². The maximum absolute atomic E-state index is 12.4. The zero-order valence-corrected chi connectivity index (χ0v) is 16.3. The second-order valence-electron chi connectivity index (χ2n) is 6.80. The molecule has 148 valence electrons. The molecule has 1 N–H and O–H groups in total. The summed E-state index contributed by atoms with van der Waals surface area (Å²) >= 11 is 0. The maximum Gasteiger partial charge on any atom is 0.412 e. The number of rotatable bonds is 6. The van der Waals surface area contributed by atoms with Gasteiger partial charge in [-0.1, -0.05) is 30.8 Å². The minimum atomic E-state index is -0.575. The van der Waals surface area contributed by atoms with Crippen molar-refractivity contribution in [1.82, 2.24) is 5.32 Å². The summed E-state index contributed by atoms with van der Waals surface area (Å²) in [5.41, 5.74) is 2.47. The van der Waals surface area contributed by atoms with Crippen LogP contribution in [0.5, 0.6) is 11.5 Å². The lowest BCUT2D eigenvalue weighted by atomic mass is 9.87. The first-order valence-electron chi connectivity index (χ1n) is 9.41. The van der Waals surface area contributed by atoms with Crippen molar-refractivity contribution in [2.24, 2.45) is 0 Å². The van der Waals surface area contributed by atoms with Crippen LogP contribution in [0.15, 0.2) is 36.4 Å². The van der Waals surface area contributed by atoms with Crippen LogP contribution in [0.4, 0.5) is 4.79 Å². The number of esters is 1. The average Bonchev–Trinajstić information content (AvgIpc) is 2.71. The van der Waals surface area contributed by atoms with Gasteiger partial charge in [-0.3, -0.25) is 0 Å². The summed E-state index contributed by atoms with van der Waals surface area (Å²) in [6.07, 6.45) is 3.30. The van der Waals surface area contributed by atoms with E-state index in [2.05, 4.69) is 11.9 Å². The van der Waals surface area contributed by atoms with Crippen molar-refractivity contribution in [3.8, 4) is 11.5 Å². The Morgan fingerprint density at radius 2 is 1.68 bits per heavy atom. The lowest BCUT2D eigenvalue weighted by molar-refractivity contribution is -0.138. The number of methoxy groups -OCH3 is 1. The largest absolute Gasteiger partial charge is 0.496 e. The number of carbonyl (C=O) groups excluding carboxylic acids is 2. The summed E-state index contributed by atoms with van der Waals surface area (Å²) in [6.45, 7) is 5.30. The van der Waals surface area contributed by atoms with E-state index in [0.29, 0.717) is 11.3 Å². The second kappa shape index (κ2) is 8.78. The van der Waals surface area contributed by atoms with Crippen LogP contribution in [0.3, 0.4) is 0 Å². The van der Waals surface area contributed by atoms with Crippen molar-refractivity contribution in [2.75, 3.05) is 20.3 Å². The highest BCUT2D eigenvalue weighted by Crippen LogP contribution is 2.44. The predicted octanol–water partition coefficient (Wildman–Crippen LogP) is 3.93. The highest BCUT2D eigenvalue weighted by molar-refractivity contribution is 5.97. The summed E-state index contributed by atoms with van der Waals surface area (Å²) in [5.74, 6) is 0.970. The molecule has 0 fully saturated rings. The van der Waals surface area contributed by atoms with Gasteiger partial charge in [0.1, 0.15) is 18.1 Å². The summed E-state index contributed by atoms with van der Waals surface area (Å²) in [6, 6.07) is 7.77. The molecule has 6 nitrogen and oxygen atoms in total. The molecule has 0 unspecified atom stereocenters. The third-order valence-electron chi connectivity index (χ3n) is 4.78. The first kappa shape index (κ1) is 19.7. The van der Waals surface area contributed by atoms with Crippen molar-refractivity contribution < 1.29 is 23.8 Å². The monoisotopic (exact) mass is 383 g/mol. The van der Waals surface area contributed by atoms with Gasteiger partial charge >= 0.3 is 12.1 Å². The molecule has 2 aromatic rings. The number of benzene rings is 2. The Morgan fingerprint density at radius 3 is 2.29 bits per heavy atom. The quantitative estimate of drug-likeness (QED) is 0.465. The molecule has 1 aliphatic rings. The van der Waals surface area contributed by atoms with Crippen LogP contribution in [0.1, 0.15) is 30.9 Å². The molecule has 1 amide bonds. The fourth-order valence-electron chi connectivity index (χ4n) is 3.51. The topological polar surface area (TPSA) is 73.9 Å². The lowest BCUT2D eigenvalue weighted by Crippen LogP contribution is -2.31. The van der Waals surface area contributed by atoms with Gasteiger partial charge in [-0.05, 0) is 32.6 Å². The Morgan fingerprint density at radius 1 is 1.07 bits per heavy atom. The van der Waals surface area contributed by atoms with E-state index in [-0.39, 0.29) is 13.2 Å². The molecular weight excluding hydrogens is 358 g/mol. The number of amides is 1. The van der Waals surface area contributed by atoms with Gasteiger partial charge in [-0.15, -0.1) is 0 Å². The number of fused-ring (bicyclic) bond motifs is 2. The zero-order valence-electron chi connectivity index (χ0n) is 16.3. The van der Waals surface area contributed by atoms with Gasteiger partial charge in [0.2, 0.25) is 0 Å². The molecular formula is C22H25NO5. The van der Waals surface area contributed by atoms with Gasteiger partial charge < -0.3 is 19.5 Å². The molecule has 0 bridgehead atoms. The van der Waals surface area contributed by atoms with Gasteiger partial charge in [-0.25, -0.2) is 9.59 Å². The van der Waals surface area contributed by atoms with Crippen LogP contribution < -0.4 is 14.8 Å². The van der Waals surface area contributed by atoms with Crippen LogP contribution >= 0.6 is 0 Å². The van der Waals surface area contributed by atoms with Gasteiger partial charge in [0.05, 0.1) is 13.7 Å². The second-order valence-corrected chi connectivity index (χ2v) is 6.80. The Bertz CT molecular complexity index is 919. The van der Waals surface area contributed by atoms with E-state index < -0.39 is 12.1 Å². The highest BCUT2D eigenvalue weighted by atomic mass is 16.6. The standard InChI is InChI=1S/C22H25NO5/c1-14(2)21(24)27-13-12-23-22(25)28-20-17-10-6-4-8-15(17)19(26-3)16-9-5-7-11-18(16)20/h4,6,8,10H,1,5,7,9,11-13H2,2-3H3,(H,23,25). The van der Waals surface area contributed by atoms with E-state index in [9.17, 15) is 9.59 Å². The van der Waals surface area contributed by atoms with Crippen LogP contribution in [0.2, 0.25) is 0 Å². The van der Waals surface area contributed by atoms with Gasteiger partial charge in [-0.2, -0.15) is 0 Å². The number of hydrogen-bond donors (Lipinski definition) is 1. The van der Waals surface area contributed by atoms with E-state index in [1.54, 1.807) is 14.0 Å². The molecule has 0 saturated heterocycles. The molecule has 0 saturated carbocycles. The minimum absolute atomic E-state index is 0.0578. The third kappa shape index (κ3) is 4.11. The fourth-order valence-corrected chi connectivity index (χ4v) is 3.51. The number of ether oxygens (including phenoxy) is 3. The molecule has 0 aliphatic heterocycles. The minimum Gasteiger partial charge on any atom is -0.496 e. The first-order valence-corrected chi connectivity index (χ1v) is 9.41. The smallest absolute Gasteiger partial charge is 0.412 e. The van der Waals surface area contributed by atoms with Crippen LogP contribution in [-0.2, 0) is 22.4 Å². The molecule has 3 rings (SSSR count). The predicted molar refractivity (Wildman–Crippen MR) is 107 cm³/mol. The van der Waals surface area contributed by atoms with Crippen LogP contribution in [0.25, 0.3) is 10.8 Å². The van der Waals surface area contributed by atoms with E-state index in [0.717, 1.165) is 53.3 Å². The van der Waals surface area contributed by atoms with Crippen molar-refractivity contribution in [1.29, 1.82) is 0 Å². The summed E-state index contributed by atoms with van der Waals surface area (Å²) in [7, 11) is 1.68. The Kier molecular flexibility index (Phi) is 6.19. The molecule has 2 aromatic carbocycles. The average molecular weight is 383 g/mol. The number of nitrogens with one attached hydrogen (secondary N) is 1. The molecule has 0 heterocycles. The molecule has 0 atom stereocenters. The zero-order chi connectivity index (χ0) is 20.1. The third-order valence-corrected chi connectivity index (χ3v) is 4.78. The maximum atomic E-state index is 12.4. The van der Waals surface area contributed by atoms with Crippen molar-refractivity contribution in [3.63, 3.8) is 0 Å². The van der Waals surface area contributed by atoms with E-state index in [1.807, 2.05) is 24.3 Å². The van der Waals surface area contributed by atoms with Crippen LogP contribution in [-0.4, -0.2) is 32.3 Å². The molecule has 28 heavy (non-hydrogen) atoms. The molecule has 0 aromatic heterocycles. The number of carbonyl (C=O) groups is 2. The first-order chi connectivity index (χ1) is 13.5. The molecule has 1 aliphatic carbocycles.